The zero-order chi connectivity index (χ0) is 22.0. The molecular weight excluding hydrogens is 612 g/mol. The van der Waals surface area contributed by atoms with Crippen LogP contribution >= 0.6 is 59.6 Å². The fourth-order valence-electron chi connectivity index (χ4n) is 3.19. The number of halogens is 3. The van der Waals surface area contributed by atoms with Gasteiger partial charge in [-0.25, -0.2) is 0 Å². The van der Waals surface area contributed by atoms with Crippen molar-refractivity contribution in [2.75, 3.05) is 11.1 Å². The molecule has 0 saturated heterocycles. The Balaban J connectivity index is 1.76. The van der Waals surface area contributed by atoms with Crippen molar-refractivity contribution < 1.29 is 9.84 Å². The highest BCUT2D eigenvalue weighted by atomic mass is 79.9. The van der Waals surface area contributed by atoms with Gasteiger partial charge in [0, 0.05) is 27.0 Å². The average molecular weight is 631 g/mol. The predicted molar refractivity (Wildman–Crippen MR) is 134 cm³/mol. The number of hydrogen-bond donors (Lipinski definition) is 2. The van der Waals surface area contributed by atoms with Gasteiger partial charge in [-0.2, -0.15) is 4.98 Å². The van der Waals surface area contributed by atoms with E-state index < -0.39 is 6.23 Å². The van der Waals surface area contributed by atoms with Crippen LogP contribution in [0, 0.1) is 0 Å². The Kier molecular flexibility index (Phi) is 7.40. The molecule has 2 aromatic carbocycles. The molecule has 0 fully saturated rings. The van der Waals surface area contributed by atoms with Crippen molar-refractivity contribution in [3.05, 3.63) is 49.3 Å². The summed E-state index contributed by atoms with van der Waals surface area (Å²) in [6.45, 7) is 2.18. The monoisotopic (exact) mass is 628 g/mol. The number of aromatic nitrogens is 3. The van der Waals surface area contributed by atoms with E-state index in [1.807, 2.05) is 24.3 Å². The summed E-state index contributed by atoms with van der Waals surface area (Å²) in [5.41, 5.74) is 2.99. The maximum Gasteiger partial charge on any atom is 0.247 e. The first kappa shape index (κ1) is 22.8. The number of hydrogen-bond acceptors (Lipinski definition) is 7. The number of phenols is 1. The van der Waals surface area contributed by atoms with Crippen molar-refractivity contribution in [1.29, 1.82) is 0 Å². The molecule has 0 saturated carbocycles. The van der Waals surface area contributed by atoms with Crippen molar-refractivity contribution in [3.8, 4) is 22.9 Å². The molecule has 31 heavy (non-hydrogen) atoms. The summed E-state index contributed by atoms with van der Waals surface area (Å²) in [7, 11) is 0. The SMILES string of the molecule is CCCCCSc1nnc2c(n1)O[C@@H](c1c(Br)cc(Br)c(O)c1Br)Nc1ccccc1-2. The maximum atomic E-state index is 10.4. The number of para-hydroxylation sites is 1. The van der Waals surface area contributed by atoms with E-state index in [0.717, 1.165) is 27.9 Å². The van der Waals surface area contributed by atoms with E-state index in [4.69, 9.17) is 4.74 Å². The summed E-state index contributed by atoms with van der Waals surface area (Å²) in [6, 6.07) is 9.58. The van der Waals surface area contributed by atoms with Crippen molar-refractivity contribution in [3.63, 3.8) is 0 Å². The second kappa shape index (κ2) is 10.1. The topological polar surface area (TPSA) is 80.2 Å². The van der Waals surface area contributed by atoms with Crippen LogP contribution < -0.4 is 10.1 Å². The predicted octanol–water partition coefficient (Wildman–Crippen LogP) is 7.32. The lowest BCUT2D eigenvalue weighted by molar-refractivity contribution is 0.223. The summed E-state index contributed by atoms with van der Waals surface area (Å²) in [4.78, 5) is 4.67. The Bertz CT molecular complexity index is 1120. The van der Waals surface area contributed by atoms with Gasteiger partial charge in [0.05, 0.1) is 8.95 Å². The van der Waals surface area contributed by atoms with Gasteiger partial charge in [0.2, 0.25) is 17.3 Å². The van der Waals surface area contributed by atoms with Crippen molar-refractivity contribution >= 4 is 65.2 Å². The highest BCUT2D eigenvalue weighted by Crippen LogP contribution is 2.46. The molecule has 2 heterocycles. The van der Waals surface area contributed by atoms with E-state index in [9.17, 15) is 5.11 Å². The van der Waals surface area contributed by atoms with Gasteiger partial charge in [-0.1, -0.05) is 65.7 Å². The van der Waals surface area contributed by atoms with E-state index in [-0.39, 0.29) is 5.75 Å². The lowest BCUT2D eigenvalue weighted by Crippen LogP contribution is -2.18. The second-order valence-electron chi connectivity index (χ2n) is 6.91. The van der Waals surface area contributed by atoms with Crippen LogP contribution in [0.15, 0.2) is 48.9 Å². The minimum atomic E-state index is -0.625. The van der Waals surface area contributed by atoms with Gasteiger partial charge >= 0.3 is 0 Å². The Morgan fingerprint density at radius 2 is 1.94 bits per heavy atom. The summed E-state index contributed by atoms with van der Waals surface area (Å²) in [5.74, 6) is 1.43. The van der Waals surface area contributed by atoms with Crippen LogP contribution in [0.4, 0.5) is 5.69 Å². The summed E-state index contributed by atoms with van der Waals surface area (Å²) < 4.78 is 8.17. The number of rotatable bonds is 6. The Hall–Kier alpha value is -1.36. The van der Waals surface area contributed by atoms with Gasteiger partial charge in [-0.05, 0) is 50.4 Å². The number of phenolic OH excluding ortho intramolecular Hbond substituents is 1. The van der Waals surface area contributed by atoms with Gasteiger partial charge in [0.25, 0.3) is 0 Å². The molecule has 0 radical (unpaired) electrons. The third-order valence-corrected chi connectivity index (χ3v) is 7.74. The van der Waals surface area contributed by atoms with Gasteiger partial charge in [0.1, 0.15) is 5.75 Å². The largest absolute Gasteiger partial charge is 0.506 e. The standard InChI is InChI=1S/C21H19Br3N4O2S/c1-2-3-6-9-31-21-26-20-17(27-28-21)11-7-4-5-8-14(11)25-19(30-20)15-12(22)10-13(23)18(29)16(15)24/h4-5,7-8,10,19,25,29H,2-3,6,9H2,1H3/t19-/m0/s1. The molecule has 1 atom stereocenters. The van der Waals surface area contributed by atoms with Crippen LogP contribution in [-0.2, 0) is 0 Å². The lowest BCUT2D eigenvalue weighted by atomic mass is 10.1. The molecule has 10 heteroatoms. The molecule has 1 aliphatic rings. The highest BCUT2D eigenvalue weighted by Gasteiger charge is 2.30. The number of benzene rings is 2. The lowest BCUT2D eigenvalue weighted by Gasteiger charge is -2.22. The normalized spacial score (nSPS) is 14.8. The van der Waals surface area contributed by atoms with E-state index in [1.54, 1.807) is 17.8 Å². The number of aromatic hydroxyl groups is 1. The van der Waals surface area contributed by atoms with Gasteiger partial charge in [-0.3, -0.25) is 0 Å². The van der Waals surface area contributed by atoms with Crippen molar-refractivity contribution in [2.45, 2.75) is 37.6 Å². The number of fused-ring (bicyclic) bond motifs is 3. The fourth-order valence-corrected chi connectivity index (χ4v) is 6.50. The van der Waals surface area contributed by atoms with Gasteiger partial charge in [-0.15, -0.1) is 10.2 Å². The first-order valence-electron chi connectivity index (χ1n) is 9.76. The molecule has 162 valence electrons. The first-order valence-corrected chi connectivity index (χ1v) is 13.1. The molecule has 0 spiro atoms. The quantitative estimate of drug-likeness (QED) is 0.218. The average Bonchev–Trinajstić information content (AvgIpc) is 2.91. The molecule has 1 aromatic heterocycles. The van der Waals surface area contributed by atoms with Crippen LogP contribution in [0.2, 0.25) is 0 Å². The molecule has 1 aliphatic heterocycles. The smallest absolute Gasteiger partial charge is 0.247 e. The summed E-state index contributed by atoms with van der Waals surface area (Å²) in [6.07, 6.45) is 2.82. The van der Waals surface area contributed by atoms with Crippen molar-refractivity contribution in [2.24, 2.45) is 0 Å². The van der Waals surface area contributed by atoms with E-state index in [1.165, 1.54) is 12.8 Å². The van der Waals surface area contributed by atoms with Crippen LogP contribution in [0.3, 0.4) is 0 Å². The fraction of sp³-hybridized carbons (Fsp3) is 0.286. The molecule has 0 bridgehead atoms. The number of ether oxygens (including phenoxy) is 1. The van der Waals surface area contributed by atoms with Gasteiger partial charge in [0.15, 0.2) is 5.69 Å². The highest BCUT2D eigenvalue weighted by molar-refractivity contribution is 9.11. The van der Waals surface area contributed by atoms with Crippen LogP contribution in [0.25, 0.3) is 11.3 Å². The minimum absolute atomic E-state index is 0.0920. The van der Waals surface area contributed by atoms with E-state index >= 15 is 0 Å². The molecule has 0 amide bonds. The van der Waals surface area contributed by atoms with E-state index in [2.05, 4.69) is 75.2 Å². The number of thioether (sulfide) groups is 1. The zero-order valence-electron chi connectivity index (χ0n) is 16.5. The molecule has 0 aliphatic carbocycles. The van der Waals surface area contributed by atoms with Gasteiger partial charge < -0.3 is 15.2 Å². The third kappa shape index (κ3) is 4.86. The van der Waals surface area contributed by atoms with Crippen molar-refractivity contribution in [1.82, 2.24) is 15.2 Å². The Morgan fingerprint density at radius 3 is 2.74 bits per heavy atom. The molecule has 3 aromatic rings. The van der Waals surface area contributed by atoms with Crippen LogP contribution in [-0.4, -0.2) is 26.0 Å². The zero-order valence-corrected chi connectivity index (χ0v) is 22.1. The number of unbranched alkanes of at least 4 members (excludes halogenated alkanes) is 2. The third-order valence-electron chi connectivity index (χ3n) is 4.76. The Labute approximate surface area is 210 Å². The number of anilines is 1. The molecular formula is C21H19Br3N4O2S. The first-order chi connectivity index (χ1) is 15.0. The van der Waals surface area contributed by atoms with Crippen LogP contribution in [0.1, 0.15) is 38.0 Å². The maximum absolute atomic E-state index is 10.4. The van der Waals surface area contributed by atoms with Crippen LogP contribution in [0.5, 0.6) is 11.6 Å². The minimum Gasteiger partial charge on any atom is -0.506 e. The molecule has 2 N–H and O–H groups in total. The van der Waals surface area contributed by atoms with E-state index in [0.29, 0.717) is 31.2 Å². The number of nitrogens with zero attached hydrogens (tertiary/aromatic N) is 3. The number of nitrogens with one attached hydrogen (secondary N) is 1. The summed E-state index contributed by atoms with van der Waals surface area (Å²) in [5, 5.41) is 23.2. The Morgan fingerprint density at radius 1 is 1.13 bits per heavy atom. The summed E-state index contributed by atoms with van der Waals surface area (Å²) >= 11 is 12.0. The molecule has 4 rings (SSSR count). The second-order valence-corrected chi connectivity index (χ2v) is 10.5. The molecule has 6 nitrogen and oxygen atoms in total. The molecule has 0 unspecified atom stereocenters.